The van der Waals surface area contributed by atoms with Crippen molar-refractivity contribution >= 4 is 21.1 Å². The summed E-state index contributed by atoms with van der Waals surface area (Å²) < 4.78 is 32.8. The van der Waals surface area contributed by atoms with Gasteiger partial charge in [-0.15, -0.1) is 0 Å². The minimum atomic E-state index is -3.74. The van der Waals surface area contributed by atoms with E-state index < -0.39 is 10.0 Å². The Kier molecular flexibility index (Phi) is 4.37. The standard InChI is InChI=1S/C15H19N5O3S/c1-10(2)7-11-8-12(23-19-11)9-16-24(21,22)14-6-4-5-13-15(14)18-20(3)17-13/h4-6,8,10,16H,7,9H2,1-3H3. The molecule has 0 unspecified atom stereocenters. The van der Waals surface area contributed by atoms with Crippen molar-refractivity contribution in [1.29, 1.82) is 0 Å². The Morgan fingerprint density at radius 2 is 2.08 bits per heavy atom. The molecule has 0 atom stereocenters. The molecule has 0 aliphatic heterocycles. The van der Waals surface area contributed by atoms with E-state index in [2.05, 4.69) is 33.9 Å². The first kappa shape index (κ1) is 16.6. The average molecular weight is 349 g/mol. The zero-order chi connectivity index (χ0) is 17.3. The average Bonchev–Trinajstić information content (AvgIpc) is 3.09. The van der Waals surface area contributed by atoms with E-state index >= 15 is 0 Å². The van der Waals surface area contributed by atoms with Crippen LogP contribution in [-0.2, 0) is 30.0 Å². The van der Waals surface area contributed by atoms with Gasteiger partial charge in [0.2, 0.25) is 10.0 Å². The molecule has 0 amide bonds. The largest absolute Gasteiger partial charge is 0.360 e. The molecule has 0 radical (unpaired) electrons. The normalized spacial score (nSPS) is 12.3. The number of aryl methyl sites for hydroxylation is 1. The number of aromatic nitrogens is 4. The SMILES string of the molecule is CC(C)Cc1cc(CNS(=O)(=O)c2cccc3nn(C)nc23)on1. The second kappa shape index (κ2) is 6.33. The van der Waals surface area contributed by atoms with Crippen LogP contribution in [0.3, 0.4) is 0 Å². The minimum Gasteiger partial charge on any atom is -0.360 e. The highest BCUT2D eigenvalue weighted by atomic mass is 32.2. The van der Waals surface area contributed by atoms with Crippen LogP contribution in [0.2, 0.25) is 0 Å². The Bertz CT molecular complexity index is 959. The van der Waals surface area contributed by atoms with Gasteiger partial charge < -0.3 is 4.52 Å². The molecule has 128 valence electrons. The highest BCUT2D eigenvalue weighted by Crippen LogP contribution is 2.19. The maximum absolute atomic E-state index is 12.6. The third-order valence-corrected chi connectivity index (χ3v) is 4.86. The molecule has 1 N–H and O–H groups in total. The zero-order valence-corrected chi connectivity index (χ0v) is 14.5. The molecule has 1 aromatic carbocycles. The summed E-state index contributed by atoms with van der Waals surface area (Å²) in [7, 11) is -2.09. The van der Waals surface area contributed by atoms with E-state index in [-0.39, 0.29) is 11.4 Å². The van der Waals surface area contributed by atoms with Crippen molar-refractivity contribution in [3.05, 3.63) is 35.7 Å². The van der Waals surface area contributed by atoms with E-state index in [9.17, 15) is 8.42 Å². The van der Waals surface area contributed by atoms with Crippen LogP contribution in [0, 0.1) is 5.92 Å². The molecule has 0 aliphatic rings. The summed E-state index contributed by atoms with van der Waals surface area (Å²) in [6, 6.07) is 6.63. The van der Waals surface area contributed by atoms with Crippen molar-refractivity contribution in [2.24, 2.45) is 13.0 Å². The number of rotatable bonds is 6. The van der Waals surface area contributed by atoms with E-state index in [1.54, 1.807) is 25.2 Å². The van der Waals surface area contributed by atoms with Crippen LogP contribution in [0.5, 0.6) is 0 Å². The lowest BCUT2D eigenvalue weighted by Crippen LogP contribution is -2.23. The van der Waals surface area contributed by atoms with Crippen molar-refractivity contribution < 1.29 is 12.9 Å². The lowest BCUT2D eigenvalue weighted by atomic mass is 10.1. The highest BCUT2D eigenvalue weighted by molar-refractivity contribution is 7.89. The number of sulfonamides is 1. The predicted octanol–water partition coefficient (Wildman–Crippen LogP) is 1.63. The Balaban J connectivity index is 1.79. The number of benzene rings is 1. The van der Waals surface area contributed by atoms with E-state index in [0.717, 1.165) is 12.1 Å². The molecule has 2 aromatic heterocycles. The van der Waals surface area contributed by atoms with Crippen molar-refractivity contribution in [3.63, 3.8) is 0 Å². The monoisotopic (exact) mass is 349 g/mol. The van der Waals surface area contributed by atoms with E-state index in [1.807, 2.05) is 0 Å². The minimum absolute atomic E-state index is 0.0318. The molecule has 0 fully saturated rings. The van der Waals surface area contributed by atoms with E-state index in [1.165, 1.54) is 10.9 Å². The summed E-state index contributed by atoms with van der Waals surface area (Å²) in [6.45, 7) is 4.20. The smallest absolute Gasteiger partial charge is 0.243 e. The third-order valence-electron chi connectivity index (χ3n) is 3.43. The first-order chi connectivity index (χ1) is 11.3. The van der Waals surface area contributed by atoms with Gasteiger partial charge in [0.05, 0.1) is 12.2 Å². The maximum atomic E-state index is 12.6. The van der Waals surface area contributed by atoms with Gasteiger partial charge in [0.1, 0.15) is 15.9 Å². The zero-order valence-electron chi connectivity index (χ0n) is 13.7. The van der Waals surface area contributed by atoms with Crippen molar-refractivity contribution in [2.45, 2.75) is 31.7 Å². The van der Waals surface area contributed by atoms with E-state index in [0.29, 0.717) is 22.7 Å². The Labute approximate surface area is 139 Å². The van der Waals surface area contributed by atoms with Gasteiger partial charge in [0, 0.05) is 13.1 Å². The van der Waals surface area contributed by atoms with Gasteiger partial charge >= 0.3 is 0 Å². The predicted molar refractivity (Wildman–Crippen MR) is 87.6 cm³/mol. The molecule has 0 aliphatic carbocycles. The topological polar surface area (TPSA) is 103 Å². The van der Waals surface area contributed by atoms with Gasteiger partial charge in [-0.25, -0.2) is 13.1 Å². The fourth-order valence-electron chi connectivity index (χ4n) is 2.43. The number of hydrogen-bond acceptors (Lipinski definition) is 6. The molecule has 0 saturated heterocycles. The van der Waals surface area contributed by atoms with Crippen molar-refractivity contribution in [2.75, 3.05) is 0 Å². The summed E-state index contributed by atoms with van der Waals surface area (Å²) >= 11 is 0. The second-order valence-electron chi connectivity index (χ2n) is 6.02. The lowest BCUT2D eigenvalue weighted by Gasteiger charge is -2.05. The summed E-state index contributed by atoms with van der Waals surface area (Å²) in [5.41, 5.74) is 1.68. The summed E-state index contributed by atoms with van der Waals surface area (Å²) in [4.78, 5) is 1.44. The molecule has 0 bridgehead atoms. The van der Waals surface area contributed by atoms with Crippen molar-refractivity contribution in [3.8, 4) is 0 Å². The van der Waals surface area contributed by atoms with Crippen LogP contribution in [0.4, 0.5) is 0 Å². The molecule has 3 rings (SSSR count). The fraction of sp³-hybridized carbons (Fsp3) is 0.400. The first-order valence-electron chi connectivity index (χ1n) is 7.59. The molecular weight excluding hydrogens is 330 g/mol. The molecule has 8 nitrogen and oxygen atoms in total. The Morgan fingerprint density at radius 1 is 1.29 bits per heavy atom. The Morgan fingerprint density at radius 3 is 2.83 bits per heavy atom. The van der Waals surface area contributed by atoms with Crippen LogP contribution in [0.1, 0.15) is 25.3 Å². The second-order valence-corrected chi connectivity index (χ2v) is 7.76. The van der Waals surface area contributed by atoms with Gasteiger partial charge in [-0.05, 0) is 24.5 Å². The number of fused-ring (bicyclic) bond motifs is 1. The fourth-order valence-corrected chi connectivity index (χ4v) is 3.57. The van der Waals surface area contributed by atoms with Gasteiger partial charge in [-0.1, -0.05) is 25.1 Å². The summed E-state index contributed by atoms with van der Waals surface area (Å²) in [5.74, 6) is 0.925. The molecule has 9 heteroatoms. The molecule has 3 aromatic rings. The number of hydrogen-bond donors (Lipinski definition) is 1. The van der Waals surface area contributed by atoms with Gasteiger partial charge in [0.15, 0.2) is 5.76 Å². The van der Waals surface area contributed by atoms with Crippen LogP contribution in [0.25, 0.3) is 11.0 Å². The van der Waals surface area contributed by atoms with Gasteiger partial charge in [-0.3, -0.25) is 0 Å². The summed E-state index contributed by atoms with van der Waals surface area (Å²) in [5, 5.41) is 12.2. The van der Waals surface area contributed by atoms with Crippen LogP contribution in [0.15, 0.2) is 33.7 Å². The van der Waals surface area contributed by atoms with Crippen molar-refractivity contribution in [1.82, 2.24) is 24.9 Å². The summed E-state index contributed by atoms with van der Waals surface area (Å²) in [6.07, 6.45) is 0.787. The third kappa shape index (κ3) is 3.46. The van der Waals surface area contributed by atoms with Crippen LogP contribution >= 0.6 is 0 Å². The van der Waals surface area contributed by atoms with E-state index in [4.69, 9.17) is 4.52 Å². The molecule has 0 saturated carbocycles. The van der Waals surface area contributed by atoms with Gasteiger partial charge in [0.25, 0.3) is 0 Å². The quantitative estimate of drug-likeness (QED) is 0.725. The number of nitrogens with one attached hydrogen (secondary N) is 1. The molecule has 24 heavy (non-hydrogen) atoms. The molecular formula is C15H19N5O3S. The first-order valence-corrected chi connectivity index (χ1v) is 9.07. The number of nitrogens with zero attached hydrogens (tertiary/aromatic N) is 4. The van der Waals surface area contributed by atoms with Crippen LogP contribution in [-0.4, -0.2) is 28.6 Å². The van der Waals surface area contributed by atoms with Crippen LogP contribution < -0.4 is 4.72 Å². The molecule has 2 heterocycles. The molecule has 0 spiro atoms. The van der Waals surface area contributed by atoms with Gasteiger partial charge in [-0.2, -0.15) is 15.0 Å². The maximum Gasteiger partial charge on any atom is 0.243 e. The Hall–Kier alpha value is -2.26. The lowest BCUT2D eigenvalue weighted by molar-refractivity contribution is 0.372. The highest BCUT2D eigenvalue weighted by Gasteiger charge is 2.20.